The van der Waals surface area contributed by atoms with Crippen molar-refractivity contribution in [3.63, 3.8) is 0 Å². The maximum absolute atomic E-state index is 12.8. The average Bonchev–Trinajstić information content (AvgIpc) is 3.15. The van der Waals surface area contributed by atoms with E-state index in [1.54, 1.807) is 11.3 Å². The quantitative estimate of drug-likeness (QED) is 0.926. The molecule has 0 aliphatic carbocycles. The fourth-order valence-corrected chi connectivity index (χ4v) is 3.50. The summed E-state index contributed by atoms with van der Waals surface area (Å²) >= 11 is 1.62. The topological polar surface area (TPSA) is 61.5 Å². The summed E-state index contributed by atoms with van der Waals surface area (Å²) in [6, 6.07) is 3.83. The second-order valence-corrected chi connectivity index (χ2v) is 6.91. The molecule has 1 fully saturated rings. The molecule has 0 radical (unpaired) electrons. The fraction of sp³-hybridized carbons (Fsp3) is 0.500. The summed E-state index contributed by atoms with van der Waals surface area (Å²) < 4.78 is 5.64. The van der Waals surface area contributed by atoms with Gasteiger partial charge in [-0.05, 0) is 31.6 Å². The lowest BCUT2D eigenvalue weighted by Crippen LogP contribution is -2.38. The summed E-state index contributed by atoms with van der Waals surface area (Å²) in [5.74, 6) is 0.323. The third kappa shape index (κ3) is 3.99. The maximum Gasteiger partial charge on any atom is 0.271 e. The van der Waals surface area contributed by atoms with Gasteiger partial charge in [-0.1, -0.05) is 0 Å². The van der Waals surface area contributed by atoms with Gasteiger partial charge in [-0.2, -0.15) is 16.4 Å². The Balaban J connectivity index is 1.71. The van der Waals surface area contributed by atoms with E-state index in [4.69, 9.17) is 4.74 Å². The highest BCUT2D eigenvalue weighted by atomic mass is 32.1. The van der Waals surface area contributed by atoms with E-state index in [2.05, 4.69) is 15.1 Å². The lowest BCUT2D eigenvalue weighted by atomic mass is 10.1. The minimum Gasteiger partial charge on any atom is -0.379 e. The zero-order valence-electron chi connectivity index (χ0n) is 13.5. The number of aromatic amines is 1. The fourth-order valence-electron chi connectivity index (χ4n) is 2.85. The van der Waals surface area contributed by atoms with Crippen molar-refractivity contribution in [3.05, 3.63) is 28.6 Å². The van der Waals surface area contributed by atoms with Gasteiger partial charge in [-0.25, -0.2) is 0 Å². The van der Waals surface area contributed by atoms with Gasteiger partial charge in [0.05, 0.1) is 18.9 Å². The van der Waals surface area contributed by atoms with Crippen LogP contribution in [0.4, 0.5) is 0 Å². The highest BCUT2D eigenvalue weighted by molar-refractivity contribution is 7.08. The second-order valence-electron chi connectivity index (χ2n) is 6.13. The summed E-state index contributed by atoms with van der Waals surface area (Å²) in [4.78, 5) is 16.8. The lowest BCUT2D eigenvalue weighted by Gasteiger charge is -2.24. The van der Waals surface area contributed by atoms with Crippen molar-refractivity contribution in [3.8, 4) is 11.3 Å². The minimum atomic E-state index is -0.00626. The zero-order chi connectivity index (χ0) is 16.2. The molecule has 124 valence electrons. The van der Waals surface area contributed by atoms with Gasteiger partial charge in [0.25, 0.3) is 5.91 Å². The number of carbonyl (C=O) groups is 1. The molecule has 1 saturated heterocycles. The number of amides is 1. The predicted molar refractivity (Wildman–Crippen MR) is 90.7 cm³/mol. The SMILES string of the molecule is CN(C)C[C@H]1COCCN(C(=O)c2cc(-c3ccsc3)n[nH]2)C1. The molecular formula is C16H22N4O2S. The molecule has 0 saturated carbocycles. The number of hydrogen-bond donors (Lipinski definition) is 1. The molecule has 6 nitrogen and oxygen atoms in total. The molecule has 23 heavy (non-hydrogen) atoms. The van der Waals surface area contributed by atoms with Gasteiger partial charge in [0, 0.05) is 36.5 Å². The average molecular weight is 334 g/mol. The summed E-state index contributed by atoms with van der Waals surface area (Å²) in [5, 5.41) is 11.2. The molecule has 3 heterocycles. The van der Waals surface area contributed by atoms with E-state index >= 15 is 0 Å². The smallest absolute Gasteiger partial charge is 0.271 e. The van der Waals surface area contributed by atoms with Crippen LogP contribution in [-0.2, 0) is 4.74 Å². The van der Waals surface area contributed by atoms with Gasteiger partial charge < -0.3 is 14.5 Å². The van der Waals surface area contributed by atoms with Crippen molar-refractivity contribution in [2.24, 2.45) is 5.92 Å². The first-order chi connectivity index (χ1) is 11.1. The van der Waals surface area contributed by atoms with Gasteiger partial charge in [-0.3, -0.25) is 9.89 Å². The Labute approximate surface area is 140 Å². The number of nitrogens with zero attached hydrogens (tertiary/aromatic N) is 3. The van der Waals surface area contributed by atoms with Crippen LogP contribution in [0.1, 0.15) is 10.5 Å². The largest absolute Gasteiger partial charge is 0.379 e. The molecule has 1 aliphatic rings. The van der Waals surface area contributed by atoms with E-state index in [0.29, 0.717) is 37.9 Å². The molecule has 1 N–H and O–H groups in total. The number of aromatic nitrogens is 2. The Morgan fingerprint density at radius 3 is 3.17 bits per heavy atom. The molecule has 0 spiro atoms. The molecule has 0 aromatic carbocycles. The first-order valence-corrected chi connectivity index (χ1v) is 8.67. The second kappa shape index (κ2) is 7.25. The van der Waals surface area contributed by atoms with Crippen molar-refractivity contribution in [2.75, 3.05) is 46.9 Å². The molecule has 2 aromatic rings. The molecule has 0 bridgehead atoms. The highest BCUT2D eigenvalue weighted by Gasteiger charge is 2.25. The van der Waals surface area contributed by atoms with Crippen LogP contribution in [-0.4, -0.2) is 72.8 Å². The number of rotatable bonds is 4. The van der Waals surface area contributed by atoms with Crippen molar-refractivity contribution in [2.45, 2.75) is 0 Å². The summed E-state index contributed by atoms with van der Waals surface area (Å²) in [7, 11) is 4.08. The van der Waals surface area contributed by atoms with Gasteiger partial charge in [0.1, 0.15) is 5.69 Å². The number of carbonyl (C=O) groups excluding carboxylic acids is 1. The number of hydrogen-bond acceptors (Lipinski definition) is 5. The normalized spacial score (nSPS) is 19.1. The van der Waals surface area contributed by atoms with Crippen molar-refractivity contribution in [1.82, 2.24) is 20.0 Å². The van der Waals surface area contributed by atoms with E-state index in [1.807, 2.05) is 41.9 Å². The number of thiophene rings is 1. The molecule has 3 rings (SSSR count). The molecule has 2 aromatic heterocycles. The van der Waals surface area contributed by atoms with Gasteiger partial charge in [-0.15, -0.1) is 0 Å². The minimum absolute atomic E-state index is 0.00626. The summed E-state index contributed by atoms with van der Waals surface area (Å²) in [6.07, 6.45) is 0. The van der Waals surface area contributed by atoms with Crippen molar-refractivity contribution < 1.29 is 9.53 Å². The van der Waals surface area contributed by atoms with Crippen LogP contribution >= 0.6 is 11.3 Å². The highest BCUT2D eigenvalue weighted by Crippen LogP contribution is 2.21. The van der Waals surface area contributed by atoms with Gasteiger partial charge in [0.2, 0.25) is 0 Å². The Kier molecular flexibility index (Phi) is 5.09. The molecule has 0 unspecified atom stereocenters. The Hall–Kier alpha value is -1.70. The van der Waals surface area contributed by atoms with E-state index in [9.17, 15) is 4.79 Å². The van der Waals surface area contributed by atoms with Crippen LogP contribution in [0, 0.1) is 5.92 Å². The first-order valence-electron chi connectivity index (χ1n) is 7.73. The van der Waals surface area contributed by atoms with Crippen LogP contribution < -0.4 is 0 Å². The lowest BCUT2D eigenvalue weighted by molar-refractivity contribution is 0.0729. The zero-order valence-corrected chi connectivity index (χ0v) is 14.3. The third-order valence-corrected chi connectivity index (χ3v) is 4.56. The van der Waals surface area contributed by atoms with Crippen LogP contribution in [0.25, 0.3) is 11.3 Å². The third-order valence-electron chi connectivity index (χ3n) is 3.87. The summed E-state index contributed by atoms with van der Waals surface area (Å²) in [5.41, 5.74) is 2.39. The standard InChI is InChI=1S/C16H22N4O2S/c1-19(2)8-12-9-20(4-5-22-10-12)16(21)15-7-14(17-18-15)13-3-6-23-11-13/h3,6-7,11-12H,4-5,8-10H2,1-2H3,(H,17,18)/t12-/m1/s1. The van der Waals surface area contributed by atoms with Gasteiger partial charge >= 0.3 is 0 Å². The van der Waals surface area contributed by atoms with Crippen LogP contribution in [0.2, 0.25) is 0 Å². The van der Waals surface area contributed by atoms with Gasteiger partial charge in [0.15, 0.2) is 0 Å². The van der Waals surface area contributed by atoms with E-state index < -0.39 is 0 Å². The van der Waals surface area contributed by atoms with Crippen LogP contribution in [0.15, 0.2) is 22.9 Å². The number of ether oxygens (including phenoxy) is 1. The van der Waals surface area contributed by atoms with E-state index in [-0.39, 0.29) is 5.91 Å². The molecule has 1 atom stereocenters. The van der Waals surface area contributed by atoms with E-state index in [1.165, 1.54) is 0 Å². The molecule has 1 aliphatic heterocycles. The maximum atomic E-state index is 12.8. The van der Waals surface area contributed by atoms with Crippen molar-refractivity contribution >= 4 is 17.2 Å². The Morgan fingerprint density at radius 1 is 1.57 bits per heavy atom. The van der Waals surface area contributed by atoms with Crippen LogP contribution in [0.3, 0.4) is 0 Å². The number of nitrogens with one attached hydrogen (secondary N) is 1. The van der Waals surface area contributed by atoms with Crippen molar-refractivity contribution in [1.29, 1.82) is 0 Å². The molecule has 1 amide bonds. The molecular weight excluding hydrogens is 312 g/mol. The van der Waals surface area contributed by atoms with Crippen LogP contribution in [0.5, 0.6) is 0 Å². The summed E-state index contributed by atoms with van der Waals surface area (Å²) in [6.45, 7) is 3.53. The Bertz CT molecular complexity index is 638. The monoisotopic (exact) mass is 334 g/mol. The van der Waals surface area contributed by atoms with E-state index in [0.717, 1.165) is 17.8 Å². The molecule has 7 heteroatoms. The number of H-pyrrole nitrogens is 1. The predicted octanol–water partition coefficient (Wildman–Crippen LogP) is 1.79. The first kappa shape index (κ1) is 16.2. The Morgan fingerprint density at radius 2 is 2.43 bits per heavy atom.